The first-order valence-corrected chi connectivity index (χ1v) is 6.57. The van der Waals surface area contributed by atoms with Crippen LogP contribution in [0.25, 0.3) is 0 Å². The minimum Gasteiger partial charge on any atom is -0.381 e. The second-order valence-corrected chi connectivity index (χ2v) is 5.70. The van der Waals surface area contributed by atoms with Gasteiger partial charge in [0.2, 0.25) is 0 Å². The van der Waals surface area contributed by atoms with Gasteiger partial charge >= 0.3 is 0 Å². The fourth-order valence-corrected chi connectivity index (χ4v) is 2.83. The Balaban J connectivity index is 1.63. The molecule has 0 radical (unpaired) electrons. The fourth-order valence-electron chi connectivity index (χ4n) is 2.83. The molecule has 2 aliphatic rings. The van der Waals surface area contributed by atoms with Crippen molar-refractivity contribution in [2.45, 2.75) is 45.4 Å². The van der Waals surface area contributed by atoms with Gasteiger partial charge in [-0.1, -0.05) is 19.8 Å². The topological polar surface area (TPSA) is 21.3 Å². The quantitative estimate of drug-likeness (QED) is 0.771. The van der Waals surface area contributed by atoms with Crippen molar-refractivity contribution < 1.29 is 4.74 Å². The van der Waals surface area contributed by atoms with Crippen molar-refractivity contribution in [1.82, 2.24) is 5.32 Å². The standard InChI is InChI=1S/C13H25NO/c1-13(6-8-15-9-7-13)11-14-10-12-4-2-3-5-12/h12,14H,2-11H2,1H3. The van der Waals surface area contributed by atoms with Gasteiger partial charge in [0, 0.05) is 19.8 Å². The maximum absolute atomic E-state index is 5.42. The van der Waals surface area contributed by atoms with Crippen molar-refractivity contribution in [2.24, 2.45) is 11.3 Å². The largest absolute Gasteiger partial charge is 0.381 e. The maximum atomic E-state index is 5.42. The highest BCUT2D eigenvalue weighted by Gasteiger charge is 2.27. The summed E-state index contributed by atoms with van der Waals surface area (Å²) in [7, 11) is 0. The van der Waals surface area contributed by atoms with Crippen LogP contribution in [0.5, 0.6) is 0 Å². The van der Waals surface area contributed by atoms with E-state index in [2.05, 4.69) is 12.2 Å². The average Bonchev–Trinajstić information content (AvgIpc) is 2.71. The summed E-state index contributed by atoms with van der Waals surface area (Å²) in [5.41, 5.74) is 0.497. The Morgan fingerprint density at radius 3 is 2.53 bits per heavy atom. The summed E-state index contributed by atoms with van der Waals surface area (Å²) in [4.78, 5) is 0. The predicted octanol–water partition coefficient (Wildman–Crippen LogP) is 2.58. The third kappa shape index (κ3) is 3.46. The minimum absolute atomic E-state index is 0.497. The van der Waals surface area contributed by atoms with Crippen molar-refractivity contribution in [2.75, 3.05) is 26.3 Å². The first-order valence-electron chi connectivity index (χ1n) is 6.57. The zero-order chi connectivity index (χ0) is 10.6. The normalized spacial score (nSPS) is 27.0. The van der Waals surface area contributed by atoms with Crippen molar-refractivity contribution in [3.05, 3.63) is 0 Å². The molecule has 0 bridgehead atoms. The molecule has 0 aromatic heterocycles. The molecule has 0 unspecified atom stereocenters. The molecule has 1 N–H and O–H groups in total. The molecule has 1 heterocycles. The molecule has 1 saturated heterocycles. The zero-order valence-electron chi connectivity index (χ0n) is 10.1. The van der Waals surface area contributed by atoms with E-state index in [0.29, 0.717) is 5.41 Å². The number of ether oxygens (including phenoxy) is 1. The molecule has 88 valence electrons. The molecule has 1 aliphatic carbocycles. The molecule has 0 spiro atoms. The Hall–Kier alpha value is -0.0800. The lowest BCUT2D eigenvalue weighted by molar-refractivity contribution is 0.0238. The van der Waals surface area contributed by atoms with Gasteiger partial charge in [0.05, 0.1) is 0 Å². The Bertz CT molecular complexity index is 181. The summed E-state index contributed by atoms with van der Waals surface area (Å²) in [5, 5.41) is 3.68. The van der Waals surface area contributed by atoms with Gasteiger partial charge in [0.25, 0.3) is 0 Å². The van der Waals surface area contributed by atoms with E-state index in [1.165, 1.54) is 51.6 Å². The highest BCUT2D eigenvalue weighted by molar-refractivity contribution is 4.80. The van der Waals surface area contributed by atoms with Crippen LogP contribution >= 0.6 is 0 Å². The molecular weight excluding hydrogens is 186 g/mol. The summed E-state index contributed by atoms with van der Waals surface area (Å²) in [6.07, 6.45) is 8.27. The summed E-state index contributed by atoms with van der Waals surface area (Å²) >= 11 is 0. The minimum atomic E-state index is 0.497. The van der Waals surface area contributed by atoms with Gasteiger partial charge in [-0.3, -0.25) is 0 Å². The molecule has 2 rings (SSSR count). The second kappa shape index (κ2) is 5.31. The lowest BCUT2D eigenvalue weighted by atomic mass is 9.82. The monoisotopic (exact) mass is 211 g/mol. The Labute approximate surface area is 93.8 Å². The van der Waals surface area contributed by atoms with Crippen LogP contribution in [0.2, 0.25) is 0 Å². The van der Waals surface area contributed by atoms with Gasteiger partial charge in [0.1, 0.15) is 0 Å². The van der Waals surface area contributed by atoms with Crippen LogP contribution in [0, 0.1) is 11.3 Å². The summed E-state index contributed by atoms with van der Waals surface area (Å²) in [5.74, 6) is 0.966. The third-order valence-electron chi connectivity index (χ3n) is 4.16. The third-order valence-corrected chi connectivity index (χ3v) is 4.16. The summed E-state index contributed by atoms with van der Waals surface area (Å²) in [6.45, 7) is 6.75. The van der Waals surface area contributed by atoms with E-state index in [9.17, 15) is 0 Å². The molecule has 2 fully saturated rings. The molecule has 0 aromatic rings. The number of rotatable bonds is 4. The van der Waals surface area contributed by atoms with Crippen LogP contribution in [0.4, 0.5) is 0 Å². The highest BCUT2D eigenvalue weighted by Crippen LogP contribution is 2.29. The van der Waals surface area contributed by atoms with E-state index in [4.69, 9.17) is 4.74 Å². The smallest absolute Gasteiger partial charge is 0.0471 e. The zero-order valence-corrected chi connectivity index (χ0v) is 10.1. The maximum Gasteiger partial charge on any atom is 0.0471 e. The van der Waals surface area contributed by atoms with Gasteiger partial charge in [-0.05, 0) is 43.6 Å². The Morgan fingerprint density at radius 1 is 1.20 bits per heavy atom. The SMILES string of the molecule is CC1(CNCC2CCCC2)CCOCC1. The van der Waals surface area contributed by atoms with E-state index in [1.807, 2.05) is 0 Å². The van der Waals surface area contributed by atoms with Crippen molar-refractivity contribution >= 4 is 0 Å². The summed E-state index contributed by atoms with van der Waals surface area (Å²) < 4.78 is 5.42. The molecule has 0 aromatic carbocycles. The molecule has 2 nitrogen and oxygen atoms in total. The highest BCUT2D eigenvalue weighted by atomic mass is 16.5. The van der Waals surface area contributed by atoms with E-state index in [1.54, 1.807) is 0 Å². The summed E-state index contributed by atoms with van der Waals surface area (Å²) in [6, 6.07) is 0. The first kappa shape index (κ1) is 11.4. The van der Waals surface area contributed by atoms with Crippen LogP contribution in [-0.4, -0.2) is 26.3 Å². The van der Waals surface area contributed by atoms with Gasteiger partial charge in [-0.15, -0.1) is 0 Å². The van der Waals surface area contributed by atoms with Crippen LogP contribution in [0.3, 0.4) is 0 Å². The van der Waals surface area contributed by atoms with E-state index >= 15 is 0 Å². The lowest BCUT2D eigenvalue weighted by Crippen LogP contribution is -2.38. The molecule has 2 heteroatoms. The van der Waals surface area contributed by atoms with Crippen LogP contribution < -0.4 is 5.32 Å². The molecular formula is C13H25NO. The van der Waals surface area contributed by atoms with Crippen LogP contribution in [0.1, 0.15) is 45.4 Å². The number of nitrogens with one attached hydrogen (secondary N) is 1. The lowest BCUT2D eigenvalue weighted by Gasteiger charge is -2.34. The Morgan fingerprint density at radius 2 is 1.87 bits per heavy atom. The van der Waals surface area contributed by atoms with E-state index < -0.39 is 0 Å². The molecule has 0 amide bonds. The van der Waals surface area contributed by atoms with Crippen molar-refractivity contribution in [1.29, 1.82) is 0 Å². The first-order chi connectivity index (χ1) is 7.29. The molecule has 1 aliphatic heterocycles. The number of hydrogen-bond acceptors (Lipinski definition) is 2. The fraction of sp³-hybridized carbons (Fsp3) is 1.00. The van der Waals surface area contributed by atoms with Gasteiger partial charge in [0.15, 0.2) is 0 Å². The number of hydrogen-bond donors (Lipinski definition) is 1. The Kier molecular flexibility index (Phi) is 4.04. The predicted molar refractivity (Wildman–Crippen MR) is 63.0 cm³/mol. The average molecular weight is 211 g/mol. The van der Waals surface area contributed by atoms with Crippen molar-refractivity contribution in [3.63, 3.8) is 0 Å². The van der Waals surface area contributed by atoms with Gasteiger partial charge in [-0.2, -0.15) is 0 Å². The molecule has 1 saturated carbocycles. The van der Waals surface area contributed by atoms with E-state index in [0.717, 1.165) is 19.1 Å². The van der Waals surface area contributed by atoms with E-state index in [-0.39, 0.29) is 0 Å². The van der Waals surface area contributed by atoms with Crippen LogP contribution in [0.15, 0.2) is 0 Å². The molecule has 15 heavy (non-hydrogen) atoms. The van der Waals surface area contributed by atoms with Crippen molar-refractivity contribution in [3.8, 4) is 0 Å². The molecule has 0 atom stereocenters. The van der Waals surface area contributed by atoms with Gasteiger partial charge in [-0.25, -0.2) is 0 Å². The van der Waals surface area contributed by atoms with Crippen LogP contribution in [-0.2, 0) is 4.74 Å². The van der Waals surface area contributed by atoms with Gasteiger partial charge < -0.3 is 10.1 Å². The second-order valence-electron chi connectivity index (χ2n) is 5.70.